The summed E-state index contributed by atoms with van der Waals surface area (Å²) >= 11 is 0. The molecule has 2 aromatic rings. The lowest BCUT2D eigenvalue weighted by molar-refractivity contribution is 0.170. The number of amides is 2. The highest BCUT2D eigenvalue weighted by Gasteiger charge is 2.37. The number of rotatable bonds is 5. The van der Waals surface area contributed by atoms with Gasteiger partial charge in [0.2, 0.25) is 5.89 Å². The molecule has 7 nitrogen and oxygen atoms in total. The predicted octanol–water partition coefficient (Wildman–Crippen LogP) is 2.03. The Labute approximate surface area is 151 Å². The molecule has 2 amide bonds. The van der Waals surface area contributed by atoms with Crippen molar-refractivity contribution in [3.63, 3.8) is 0 Å². The molecule has 2 fully saturated rings. The number of urea groups is 1. The first kappa shape index (κ1) is 17.0. The molecule has 0 N–H and O–H groups in total. The van der Waals surface area contributed by atoms with Crippen LogP contribution in [0.4, 0.5) is 9.18 Å². The fourth-order valence-corrected chi connectivity index (χ4v) is 3.73. The van der Waals surface area contributed by atoms with Crippen LogP contribution < -0.4 is 0 Å². The highest BCUT2D eigenvalue weighted by molar-refractivity contribution is 5.76. The minimum absolute atomic E-state index is 0.0126. The van der Waals surface area contributed by atoms with E-state index in [1.54, 1.807) is 17.9 Å². The van der Waals surface area contributed by atoms with Gasteiger partial charge in [-0.25, -0.2) is 9.18 Å². The Hall–Kier alpha value is -2.48. The van der Waals surface area contributed by atoms with Crippen LogP contribution in [0, 0.1) is 12.7 Å². The summed E-state index contributed by atoms with van der Waals surface area (Å²) in [6.45, 7) is 5.68. The largest absolute Gasteiger partial charge is 0.337 e. The van der Waals surface area contributed by atoms with Crippen LogP contribution in [-0.4, -0.2) is 63.1 Å². The van der Waals surface area contributed by atoms with Crippen molar-refractivity contribution >= 4 is 6.03 Å². The number of aryl methyl sites for hydroxylation is 1. The topological polar surface area (TPSA) is 65.7 Å². The first-order valence-corrected chi connectivity index (χ1v) is 8.90. The molecule has 0 radical (unpaired) electrons. The van der Waals surface area contributed by atoms with E-state index < -0.39 is 0 Å². The zero-order valence-electron chi connectivity index (χ0n) is 14.8. The second kappa shape index (κ2) is 7.03. The van der Waals surface area contributed by atoms with Gasteiger partial charge in [0.15, 0.2) is 5.82 Å². The Morgan fingerprint density at radius 1 is 1.23 bits per heavy atom. The van der Waals surface area contributed by atoms with E-state index in [-0.39, 0.29) is 17.9 Å². The number of halogens is 1. The highest BCUT2D eigenvalue weighted by atomic mass is 19.1. The number of hydrogen-bond donors (Lipinski definition) is 0. The van der Waals surface area contributed by atoms with Gasteiger partial charge in [-0.05, 0) is 19.4 Å². The first-order valence-electron chi connectivity index (χ1n) is 8.90. The molecule has 2 saturated heterocycles. The van der Waals surface area contributed by atoms with Crippen LogP contribution in [0.25, 0.3) is 0 Å². The van der Waals surface area contributed by atoms with Gasteiger partial charge >= 0.3 is 6.03 Å². The molecule has 138 valence electrons. The molecule has 0 bridgehead atoms. The molecule has 8 heteroatoms. The lowest BCUT2D eigenvalue weighted by Crippen LogP contribution is -2.40. The third-order valence-electron chi connectivity index (χ3n) is 5.06. The molecule has 2 aliphatic heterocycles. The van der Waals surface area contributed by atoms with Gasteiger partial charge in [-0.2, -0.15) is 4.98 Å². The molecule has 0 aliphatic carbocycles. The van der Waals surface area contributed by atoms with Gasteiger partial charge in [0.25, 0.3) is 0 Å². The zero-order valence-corrected chi connectivity index (χ0v) is 14.8. The molecule has 1 unspecified atom stereocenters. The molecule has 3 heterocycles. The lowest BCUT2D eigenvalue weighted by atomic mass is 10.2. The summed E-state index contributed by atoms with van der Waals surface area (Å²) in [5.74, 6) is 0.864. The lowest BCUT2D eigenvalue weighted by Gasteiger charge is -2.24. The number of aromatic nitrogens is 2. The number of nitrogens with zero attached hydrogens (tertiary/aromatic N) is 5. The van der Waals surface area contributed by atoms with Crippen molar-refractivity contribution in [1.29, 1.82) is 0 Å². The molecule has 0 spiro atoms. The highest BCUT2D eigenvalue weighted by Crippen LogP contribution is 2.23. The van der Waals surface area contributed by atoms with Crippen molar-refractivity contribution in [2.24, 2.45) is 0 Å². The molecule has 4 rings (SSSR count). The Bertz CT molecular complexity index is 795. The summed E-state index contributed by atoms with van der Waals surface area (Å²) in [5.41, 5.74) is 0.703. The Morgan fingerprint density at radius 3 is 2.85 bits per heavy atom. The quantitative estimate of drug-likeness (QED) is 0.817. The van der Waals surface area contributed by atoms with Gasteiger partial charge in [-0.15, -0.1) is 0 Å². The van der Waals surface area contributed by atoms with Crippen LogP contribution in [0.15, 0.2) is 28.8 Å². The standard InChI is InChI=1S/C18H22FN5O2/c1-13-20-17(26-21-13)12-23-8-9-24(18(23)25)15-6-7-22(11-15)10-14-4-2-3-5-16(14)19/h2-5,15H,6-12H2,1H3. The van der Waals surface area contributed by atoms with Crippen LogP contribution in [0.1, 0.15) is 23.7 Å². The molecule has 0 saturated carbocycles. The number of carbonyl (C=O) groups excluding carboxylic acids is 1. The van der Waals surface area contributed by atoms with Gasteiger partial charge in [0, 0.05) is 44.3 Å². The summed E-state index contributed by atoms with van der Waals surface area (Å²) < 4.78 is 19.0. The third kappa shape index (κ3) is 3.41. The minimum Gasteiger partial charge on any atom is -0.337 e. The monoisotopic (exact) mass is 359 g/mol. The van der Waals surface area contributed by atoms with E-state index in [0.717, 1.165) is 19.5 Å². The maximum atomic E-state index is 13.8. The zero-order chi connectivity index (χ0) is 18.1. The molecule has 2 aliphatic rings. The van der Waals surface area contributed by atoms with E-state index in [2.05, 4.69) is 15.0 Å². The number of benzene rings is 1. The normalized spacial score (nSPS) is 21.2. The van der Waals surface area contributed by atoms with Crippen molar-refractivity contribution in [3.05, 3.63) is 47.4 Å². The van der Waals surface area contributed by atoms with E-state index in [4.69, 9.17) is 4.52 Å². The second-order valence-electron chi connectivity index (χ2n) is 6.90. The summed E-state index contributed by atoms with van der Waals surface area (Å²) in [7, 11) is 0. The fraction of sp³-hybridized carbons (Fsp3) is 0.500. The van der Waals surface area contributed by atoms with Crippen LogP contribution in [0.5, 0.6) is 0 Å². The van der Waals surface area contributed by atoms with Gasteiger partial charge in [0.05, 0.1) is 0 Å². The minimum atomic E-state index is -0.172. The summed E-state index contributed by atoms with van der Waals surface area (Å²) in [6, 6.07) is 7.05. The molecule has 26 heavy (non-hydrogen) atoms. The SMILES string of the molecule is Cc1noc(CN2CCN(C3CCN(Cc4ccccc4F)C3)C2=O)n1. The van der Waals surface area contributed by atoms with Crippen molar-refractivity contribution in [1.82, 2.24) is 24.8 Å². The molecular weight excluding hydrogens is 337 g/mol. The smallest absolute Gasteiger partial charge is 0.320 e. The van der Waals surface area contributed by atoms with Crippen molar-refractivity contribution < 1.29 is 13.7 Å². The van der Waals surface area contributed by atoms with E-state index in [0.29, 0.717) is 43.5 Å². The van der Waals surface area contributed by atoms with Crippen LogP contribution in [-0.2, 0) is 13.1 Å². The average molecular weight is 359 g/mol. The van der Waals surface area contributed by atoms with Gasteiger partial charge in [-0.3, -0.25) is 4.90 Å². The van der Waals surface area contributed by atoms with E-state index >= 15 is 0 Å². The Kier molecular flexibility index (Phi) is 4.58. The maximum absolute atomic E-state index is 13.8. The Morgan fingerprint density at radius 2 is 2.08 bits per heavy atom. The van der Waals surface area contributed by atoms with E-state index in [1.807, 2.05) is 17.0 Å². The van der Waals surface area contributed by atoms with Crippen molar-refractivity contribution in [3.8, 4) is 0 Å². The molecule has 1 atom stereocenters. The summed E-state index contributed by atoms with van der Waals surface area (Å²) in [5, 5.41) is 3.76. The van der Waals surface area contributed by atoms with E-state index in [1.165, 1.54) is 6.07 Å². The maximum Gasteiger partial charge on any atom is 0.320 e. The Balaban J connectivity index is 1.34. The van der Waals surface area contributed by atoms with Gasteiger partial charge < -0.3 is 14.3 Å². The number of likely N-dealkylation sites (tertiary alicyclic amines) is 1. The third-order valence-corrected chi connectivity index (χ3v) is 5.06. The average Bonchev–Trinajstić information content (AvgIpc) is 3.33. The van der Waals surface area contributed by atoms with E-state index in [9.17, 15) is 9.18 Å². The summed E-state index contributed by atoms with van der Waals surface area (Å²) in [6.07, 6.45) is 0.910. The fourth-order valence-electron chi connectivity index (χ4n) is 3.73. The summed E-state index contributed by atoms with van der Waals surface area (Å²) in [4.78, 5) is 22.7. The van der Waals surface area contributed by atoms with Crippen molar-refractivity contribution in [2.75, 3.05) is 26.2 Å². The second-order valence-corrected chi connectivity index (χ2v) is 6.90. The van der Waals surface area contributed by atoms with Crippen LogP contribution in [0.3, 0.4) is 0 Å². The van der Waals surface area contributed by atoms with Crippen LogP contribution in [0.2, 0.25) is 0 Å². The van der Waals surface area contributed by atoms with Crippen LogP contribution >= 0.6 is 0 Å². The first-order chi connectivity index (χ1) is 12.6. The van der Waals surface area contributed by atoms with Crippen molar-refractivity contribution in [2.45, 2.75) is 32.5 Å². The van der Waals surface area contributed by atoms with Gasteiger partial charge in [-0.1, -0.05) is 23.4 Å². The number of hydrogen-bond acceptors (Lipinski definition) is 5. The predicted molar refractivity (Wildman–Crippen MR) is 91.6 cm³/mol. The molecule has 1 aromatic carbocycles. The van der Waals surface area contributed by atoms with Gasteiger partial charge in [0.1, 0.15) is 12.4 Å². The molecule has 1 aromatic heterocycles. The number of carbonyl (C=O) groups is 1. The molecular formula is C18H22FN5O2.